The molecule has 5 aliphatic rings. The van der Waals surface area contributed by atoms with Crippen LogP contribution in [0.3, 0.4) is 0 Å². The molecule has 3 aliphatic heterocycles. The van der Waals surface area contributed by atoms with Gasteiger partial charge in [0.15, 0.2) is 23.0 Å². The van der Waals surface area contributed by atoms with E-state index in [1.807, 2.05) is 0 Å². The predicted octanol–water partition coefficient (Wildman–Crippen LogP) is 4.83. The van der Waals surface area contributed by atoms with Crippen LogP contribution in [0, 0.1) is 11.8 Å². The fourth-order valence-electron chi connectivity index (χ4n) is 4.98. The van der Waals surface area contributed by atoms with Crippen LogP contribution < -0.4 is 18.9 Å². The van der Waals surface area contributed by atoms with Crippen molar-refractivity contribution >= 4 is 0 Å². The molecule has 2 saturated carbocycles. The Hall–Kier alpha value is -2.40. The minimum Gasteiger partial charge on any atom is -0.486 e. The van der Waals surface area contributed by atoms with Crippen LogP contribution in [-0.2, 0) is 4.74 Å². The number of benzene rings is 2. The highest BCUT2D eigenvalue weighted by molar-refractivity contribution is 5.78. The van der Waals surface area contributed by atoms with E-state index in [1.54, 1.807) is 0 Å². The quantitative estimate of drug-likeness (QED) is 0.733. The van der Waals surface area contributed by atoms with Gasteiger partial charge in [0, 0.05) is 0 Å². The highest BCUT2D eigenvalue weighted by Gasteiger charge is 2.44. The summed E-state index contributed by atoms with van der Waals surface area (Å²) in [5.41, 5.74) is 4.86. The third-order valence-electron chi connectivity index (χ3n) is 6.73. The lowest BCUT2D eigenvalue weighted by atomic mass is 9.90. The van der Waals surface area contributed by atoms with Gasteiger partial charge in [0.25, 0.3) is 0 Å². The SMILES string of the molecule is c1c2c(cc3c1-c1cc4c(cc1[C@@H](C1CC1)O[C@@H]3C1CC1)OCCO4)OCCO2. The standard InChI is InChI=1S/C24H24O5/c1-2-13(1)23-17-11-21-19(25-5-7-27-21)9-15(17)16-10-20-22(28-8-6-26-20)12-18(16)24(29-23)14-3-4-14/h9-14,23-24H,1-8H2/t23-,24-/m1/s1. The minimum atomic E-state index is 0.109. The van der Waals surface area contributed by atoms with Crippen LogP contribution in [0.1, 0.15) is 49.0 Å². The fourth-order valence-corrected chi connectivity index (χ4v) is 4.98. The molecule has 2 aromatic rings. The molecule has 2 fully saturated rings. The lowest BCUT2D eigenvalue weighted by Gasteiger charge is -2.25. The van der Waals surface area contributed by atoms with Gasteiger partial charge in [-0.2, -0.15) is 0 Å². The van der Waals surface area contributed by atoms with Gasteiger partial charge in [-0.3, -0.25) is 0 Å². The molecule has 0 bridgehead atoms. The van der Waals surface area contributed by atoms with Gasteiger partial charge in [-0.1, -0.05) is 0 Å². The van der Waals surface area contributed by atoms with Crippen molar-refractivity contribution in [1.29, 1.82) is 0 Å². The minimum absolute atomic E-state index is 0.109. The maximum atomic E-state index is 6.90. The second kappa shape index (κ2) is 6.05. The van der Waals surface area contributed by atoms with Gasteiger partial charge < -0.3 is 23.7 Å². The van der Waals surface area contributed by atoms with Gasteiger partial charge in [-0.05, 0) is 84.0 Å². The molecule has 0 aromatic heterocycles. The van der Waals surface area contributed by atoms with E-state index >= 15 is 0 Å². The summed E-state index contributed by atoms with van der Waals surface area (Å²) < 4.78 is 30.6. The molecule has 0 N–H and O–H groups in total. The molecule has 0 saturated heterocycles. The highest BCUT2D eigenvalue weighted by atomic mass is 16.6. The van der Waals surface area contributed by atoms with Crippen LogP contribution in [-0.4, -0.2) is 26.4 Å². The van der Waals surface area contributed by atoms with Crippen LogP contribution in [0.4, 0.5) is 0 Å². The lowest BCUT2D eigenvalue weighted by molar-refractivity contribution is -0.0369. The average Bonchev–Trinajstić information content (AvgIpc) is 3.65. The van der Waals surface area contributed by atoms with Crippen molar-refractivity contribution in [3.8, 4) is 34.1 Å². The van der Waals surface area contributed by atoms with E-state index in [-0.39, 0.29) is 12.2 Å². The van der Waals surface area contributed by atoms with E-state index in [4.69, 9.17) is 23.7 Å². The molecular weight excluding hydrogens is 368 g/mol. The van der Waals surface area contributed by atoms with Crippen molar-refractivity contribution < 1.29 is 23.7 Å². The molecule has 0 amide bonds. The molecule has 2 aliphatic carbocycles. The maximum absolute atomic E-state index is 6.90. The first kappa shape index (κ1) is 16.4. The van der Waals surface area contributed by atoms with Crippen molar-refractivity contribution in [2.75, 3.05) is 26.4 Å². The summed E-state index contributed by atoms with van der Waals surface area (Å²) in [5, 5.41) is 0. The van der Waals surface area contributed by atoms with E-state index < -0.39 is 0 Å². The molecule has 29 heavy (non-hydrogen) atoms. The Morgan fingerprint density at radius 2 is 0.897 bits per heavy atom. The summed E-state index contributed by atoms with van der Waals surface area (Å²) >= 11 is 0. The largest absolute Gasteiger partial charge is 0.486 e. The molecule has 2 aromatic carbocycles. The monoisotopic (exact) mass is 392 g/mol. The van der Waals surface area contributed by atoms with Crippen LogP contribution >= 0.6 is 0 Å². The van der Waals surface area contributed by atoms with Crippen LogP contribution in [0.5, 0.6) is 23.0 Å². The Bertz CT molecular complexity index is 912. The molecule has 0 spiro atoms. The molecule has 0 radical (unpaired) electrons. The Balaban J connectivity index is 1.48. The van der Waals surface area contributed by atoms with Gasteiger partial charge >= 0.3 is 0 Å². The number of fused-ring (bicyclic) bond motifs is 5. The third kappa shape index (κ3) is 2.63. The molecule has 150 valence electrons. The Kier molecular flexibility index (Phi) is 3.42. The van der Waals surface area contributed by atoms with Gasteiger partial charge in [0.1, 0.15) is 26.4 Å². The predicted molar refractivity (Wildman–Crippen MR) is 106 cm³/mol. The Labute approximate surface area is 169 Å². The summed E-state index contributed by atoms with van der Waals surface area (Å²) in [7, 11) is 0. The van der Waals surface area contributed by atoms with Crippen LogP contribution in [0.25, 0.3) is 11.1 Å². The zero-order valence-electron chi connectivity index (χ0n) is 16.3. The lowest BCUT2D eigenvalue weighted by Crippen LogP contribution is -2.17. The zero-order valence-corrected chi connectivity index (χ0v) is 16.3. The highest BCUT2D eigenvalue weighted by Crippen LogP contribution is 2.58. The first-order valence-corrected chi connectivity index (χ1v) is 10.9. The van der Waals surface area contributed by atoms with Crippen molar-refractivity contribution in [2.45, 2.75) is 37.9 Å². The number of hydrogen-bond acceptors (Lipinski definition) is 5. The molecule has 2 atom stereocenters. The van der Waals surface area contributed by atoms with E-state index in [1.165, 1.54) is 47.9 Å². The average molecular weight is 392 g/mol. The summed E-state index contributed by atoms with van der Waals surface area (Å²) in [6, 6.07) is 8.66. The van der Waals surface area contributed by atoms with Crippen molar-refractivity contribution in [3.63, 3.8) is 0 Å². The van der Waals surface area contributed by atoms with E-state index in [9.17, 15) is 0 Å². The smallest absolute Gasteiger partial charge is 0.162 e. The maximum Gasteiger partial charge on any atom is 0.162 e. The molecule has 5 heteroatoms. The summed E-state index contributed by atoms with van der Waals surface area (Å²) in [6.07, 6.45) is 5.14. The number of rotatable bonds is 2. The topological polar surface area (TPSA) is 46.2 Å². The first-order chi connectivity index (χ1) is 14.3. The molecule has 0 unspecified atom stereocenters. The zero-order chi connectivity index (χ0) is 18.9. The molecule has 3 heterocycles. The molecular formula is C24H24O5. The van der Waals surface area contributed by atoms with Crippen LogP contribution in [0.15, 0.2) is 24.3 Å². The van der Waals surface area contributed by atoms with Gasteiger partial charge in [-0.15, -0.1) is 0 Å². The molecule has 5 nitrogen and oxygen atoms in total. The van der Waals surface area contributed by atoms with Crippen LogP contribution in [0.2, 0.25) is 0 Å². The van der Waals surface area contributed by atoms with Crippen molar-refractivity contribution in [3.05, 3.63) is 35.4 Å². The van der Waals surface area contributed by atoms with Crippen molar-refractivity contribution in [2.24, 2.45) is 11.8 Å². The van der Waals surface area contributed by atoms with Crippen molar-refractivity contribution in [1.82, 2.24) is 0 Å². The first-order valence-electron chi connectivity index (χ1n) is 10.9. The number of ether oxygens (including phenoxy) is 5. The van der Waals surface area contributed by atoms with Gasteiger partial charge in [0.05, 0.1) is 12.2 Å². The fraction of sp³-hybridized carbons (Fsp3) is 0.500. The summed E-state index contributed by atoms with van der Waals surface area (Å²) in [5.74, 6) is 4.52. The second-order valence-electron chi connectivity index (χ2n) is 8.82. The Morgan fingerprint density at radius 3 is 1.28 bits per heavy atom. The van der Waals surface area contributed by atoms with E-state index in [2.05, 4.69) is 24.3 Å². The third-order valence-corrected chi connectivity index (χ3v) is 6.73. The second-order valence-corrected chi connectivity index (χ2v) is 8.82. The number of hydrogen-bond donors (Lipinski definition) is 0. The summed E-state index contributed by atoms with van der Waals surface area (Å²) in [4.78, 5) is 0. The van der Waals surface area contributed by atoms with Gasteiger partial charge in [-0.25, -0.2) is 0 Å². The normalized spacial score (nSPS) is 26.9. The van der Waals surface area contributed by atoms with Gasteiger partial charge in [0.2, 0.25) is 0 Å². The van der Waals surface area contributed by atoms with E-state index in [0.717, 1.165) is 23.0 Å². The van der Waals surface area contributed by atoms with E-state index in [0.29, 0.717) is 38.3 Å². The Morgan fingerprint density at radius 1 is 0.517 bits per heavy atom. The summed E-state index contributed by atoms with van der Waals surface area (Å²) in [6.45, 7) is 2.38. The molecule has 7 rings (SSSR count).